The van der Waals surface area contributed by atoms with Gasteiger partial charge in [-0.1, -0.05) is 12.1 Å². The fourth-order valence-corrected chi connectivity index (χ4v) is 1.27. The molecule has 0 N–H and O–H groups in total. The van der Waals surface area contributed by atoms with E-state index in [1.165, 1.54) is 0 Å². The Balaban J connectivity index is 2.73. The second-order valence-corrected chi connectivity index (χ2v) is 3.13. The number of nitrogens with zero attached hydrogens (tertiary/aromatic N) is 2. The van der Waals surface area contributed by atoms with Gasteiger partial charge >= 0.3 is 0 Å². The summed E-state index contributed by atoms with van der Waals surface area (Å²) in [7, 11) is 1.68. The molecular formula is C11H14N2O. The Morgan fingerprint density at radius 3 is 2.93 bits per heavy atom. The first-order valence-electron chi connectivity index (χ1n) is 4.61. The largest absolute Gasteiger partial charge is 0.385 e. The lowest BCUT2D eigenvalue weighted by Gasteiger charge is -2.03. The van der Waals surface area contributed by atoms with Crippen molar-refractivity contribution in [2.45, 2.75) is 19.8 Å². The molecule has 0 radical (unpaired) electrons. The van der Waals surface area contributed by atoms with Crippen LogP contribution in [0.5, 0.6) is 0 Å². The van der Waals surface area contributed by atoms with E-state index in [-0.39, 0.29) is 0 Å². The zero-order valence-corrected chi connectivity index (χ0v) is 8.58. The van der Waals surface area contributed by atoms with Crippen molar-refractivity contribution in [1.82, 2.24) is 4.98 Å². The van der Waals surface area contributed by atoms with Gasteiger partial charge in [0.1, 0.15) is 0 Å². The van der Waals surface area contributed by atoms with E-state index in [4.69, 9.17) is 11.3 Å². The van der Waals surface area contributed by atoms with Crippen molar-refractivity contribution < 1.29 is 4.74 Å². The Labute approximate surface area is 84.6 Å². The number of hydrogen-bond acceptors (Lipinski definition) is 2. The Hall–Kier alpha value is -1.40. The molecule has 0 unspecified atom stereocenters. The predicted octanol–water partition coefficient (Wildman–Crippen LogP) is 2.52. The van der Waals surface area contributed by atoms with Crippen molar-refractivity contribution >= 4 is 5.69 Å². The maximum atomic E-state index is 6.99. The van der Waals surface area contributed by atoms with Crippen LogP contribution in [0.2, 0.25) is 0 Å². The first-order chi connectivity index (χ1) is 6.77. The maximum Gasteiger partial charge on any atom is 0.208 e. The van der Waals surface area contributed by atoms with Crippen LogP contribution in [-0.2, 0) is 11.2 Å². The van der Waals surface area contributed by atoms with E-state index in [0.29, 0.717) is 12.3 Å². The fraction of sp³-hybridized carbons (Fsp3) is 0.455. The summed E-state index contributed by atoms with van der Waals surface area (Å²) >= 11 is 0. The van der Waals surface area contributed by atoms with Crippen molar-refractivity contribution in [2.24, 2.45) is 0 Å². The minimum absolute atomic E-state index is 0.659. The van der Waals surface area contributed by atoms with Gasteiger partial charge in [-0.05, 0) is 19.8 Å². The van der Waals surface area contributed by atoms with Crippen LogP contribution < -0.4 is 0 Å². The molecule has 3 heteroatoms. The zero-order valence-electron chi connectivity index (χ0n) is 8.58. The summed E-state index contributed by atoms with van der Waals surface area (Å²) in [6, 6.07) is 3.70. The quantitative estimate of drug-likeness (QED) is 0.538. The highest BCUT2D eigenvalue weighted by Gasteiger charge is 2.03. The van der Waals surface area contributed by atoms with Gasteiger partial charge in [-0.3, -0.25) is 4.98 Å². The van der Waals surface area contributed by atoms with Crippen LogP contribution in [0.15, 0.2) is 12.1 Å². The third kappa shape index (κ3) is 2.82. The van der Waals surface area contributed by atoms with Gasteiger partial charge in [0.2, 0.25) is 5.69 Å². The highest BCUT2D eigenvalue weighted by molar-refractivity contribution is 5.49. The summed E-state index contributed by atoms with van der Waals surface area (Å²) < 4.78 is 4.96. The van der Waals surface area contributed by atoms with Gasteiger partial charge in [0.15, 0.2) is 0 Å². The minimum atomic E-state index is 0.659. The molecule has 0 aliphatic heterocycles. The number of pyridine rings is 1. The summed E-state index contributed by atoms with van der Waals surface area (Å²) in [6.07, 6.45) is 1.72. The Bertz CT molecular complexity index is 342. The lowest BCUT2D eigenvalue weighted by atomic mass is 10.2. The monoisotopic (exact) mass is 190 g/mol. The van der Waals surface area contributed by atoms with Crippen molar-refractivity contribution in [1.29, 1.82) is 0 Å². The summed E-state index contributed by atoms with van der Waals surface area (Å²) in [6.45, 7) is 9.64. The zero-order chi connectivity index (χ0) is 10.4. The van der Waals surface area contributed by atoms with Gasteiger partial charge in [-0.15, -0.1) is 0 Å². The third-order valence-corrected chi connectivity index (χ3v) is 1.97. The van der Waals surface area contributed by atoms with Crippen LogP contribution in [0.4, 0.5) is 5.69 Å². The molecule has 74 valence electrons. The van der Waals surface area contributed by atoms with Crippen LogP contribution in [0.25, 0.3) is 4.85 Å². The van der Waals surface area contributed by atoms with Crippen LogP contribution in [-0.4, -0.2) is 18.7 Å². The first-order valence-corrected chi connectivity index (χ1v) is 4.61. The molecule has 3 nitrogen and oxygen atoms in total. The molecule has 14 heavy (non-hydrogen) atoms. The van der Waals surface area contributed by atoms with Crippen molar-refractivity contribution in [3.05, 3.63) is 34.9 Å². The van der Waals surface area contributed by atoms with E-state index in [2.05, 4.69) is 9.83 Å². The normalized spacial score (nSPS) is 9.79. The second-order valence-electron chi connectivity index (χ2n) is 3.13. The molecule has 1 rings (SSSR count). The van der Waals surface area contributed by atoms with E-state index in [1.54, 1.807) is 7.11 Å². The lowest BCUT2D eigenvalue weighted by molar-refractivity contribution is 0.195. The Morgan fingerprint density at radius 1 is 1.50 bits per heavy atom. The summed E-state index contributed by atoms with van der Waals surface area (Å²) in [5.41, 5.74) is 2.51. The molecule has 0 bridgehead atoms. The predicted molar refractivity (Wildman–Crippen MR) is 55.4 cm³/mol. The number of hydrogen-bond donors (Lipinski definition) is 0. The summed E-state index contributed by atoms with van der Waals surface area (Å²) in [5.74, 6) is 0. The molecule has 0 aliphatic rings. The van der Waals surface area contributed by atoms with Gasteiger partial charge < -0.3 is 4.74 Å². The summed E-state index contributed by atoms with van der Waals surface area (Å²) in [4.78, 5) is 7.78. The summed E-state index contributed by atoms with van der Waals surface area (Å²) in [5, 5.41) is 0. The lowest BCUT2D eigenvalue weighted by Crippen LogP contribution is -1.96. The van der Waals surface area contributed by atoms with Crippen LogP contribution >= 0.6 is 0 Å². The van der Waals surface area contributed by atoms with Crippen LogP contribution in [0, 0.1) is 13.5 Å². The van der Waals surface area contributed by atoms with Crippen molar-refractivity contribution in [3.63, 3.8) is 0 Å². The van der Waals surface area contributed by atoms with E-state index < -0.39 is 0 Å². The second kappa shape index (κ2) is 5.36. The van der Waals surface area contributed by atoms with Gasteiger partial charge in [0, 0.05) is 25.1 Å². The number of aryl methyl sites for hydroxylation is 2. The average molecular weight is 190 g/mol. The molecule has 0 atom stereocenters. The number of methoxy groups -OCH3 is 1. The number of aromatic nitrogens is 1. The van der Waals surface area contributed by atoms with Crippen molar-refractivity contribution in [3.8, 4) is 0 Å². The molecule has 0 aliphatic carbocycles. The molecule has 0 aromatic carbocycles. The fourth-order valence-electron chi connectivity index (χ4n) is 1.27. The molecule has 1 aromatic heterocycles. The SMILES string of the molecule is [C-]#[N+]c1ccc(C)nc1CCCOC. The average Bonchev–Trinajstić information content (AvgIpc) is 2.19. The third-order valence-electron chi connectivity index (χ3n) is 1.97. The molecule has 1 heterocycles. The first kappa shape index (κ1) is 10.7. The molecule has 0 spiro atoms. The molecule has 0 saturated heterocycles. The van der Waals surface area contributed by atoms with E-state index >= 15 is 0 Å². The standard InChI is InChI=1S/C11H14N2O/c1-9-6-7-10(12-2)11(13-9)5-4-8-14-3/h6-7H,4-5,8H2,1,3H3. The molecule has 0 saturated carbocycles. The number of ether oxygens (including phenoxy) is 1. The molecule has 1 aromatic rings. The van der Waals surface area contributed by atoms with Gasteiger partial charge in [0.25, 0.3) is 0 Å². The Kier molecular flexibility index (Phi) is 4.09. The van der Waals surface area contributed by atoms with Crippen LogP contribution in [0.1, 0.15) is 17.8 Å². The van der Waals surface area contributed by atoms with E-state index in [0.717, 1.165) is 24.2 Å². The van der Waals surface area contributed by atoms with Crippen molar-refractivity contribution in [2.75, 3.05) is 13.7 Å². The molecule has 0 amide bonds. The van der Waals surface area contributed by atoms with Gasteiger partial charge in [-0.25, -0.2) is 4.85 Å². The smallest absolute Gasteiger partial charge is 0.208 e. The molecular weight excluding hydrogens is 176 g/mol. The number of rotatable bonds is 4. The topological polar surface area (TPSA) is 26.5 Å². The van der Waals surface area contributed by atoms with Crippen LogP contribution in [0.3, 0.4) is 0 Å². The highest BCUT2D eigenvalue weighted by Crippen LogP contribution is 2.18. The van der Waals surface area contributed by atoms with Gasteiger partial charge in [0.05, 0.1) is 6.57 Å². The van der Waals surface area contributed by atoms with E-state index in [1.807, 2.05) is 19.1 Å². The van der Waals surface area contributed by atoms with Gasteiger partial charge in [-0.2, -0.15) is 0 Å². The minimum Gasteiger partial charge on any atom is -0.385 e. The molecule has 0 fully saturated rings. The Morgan fingerprint density at radius 2 is 2.29 bits per heavy atom. The van der Waals surface area contributed by atoms with E-state index in [9.17, 15) is 0 Å². The maximum absolute atomic E-state index is 6.99. The highest BCUT2D eigenvalue weighted by atomic mass is 16.5.